The molecule has 1 atom stereocenters. The van der Waals surface area contributed by atoms with Crippen molar-refractivity contribution in [1.82, 2.24) is 19.5 Å². The summed E-state index contributed by atoms with van der Waals surface area (Å²) in [4.78, 5) is 35.3. The molecule has 37 heavy (non-hydrogen) atoms. The SMILES string of the molecule is [CH2]c1cc(C(F)F)cc(Oc2c(C(F)(F)C(F)F)ncn(Cc3c(C)nc(C(C)O)[nH]c3=O)c2=O)c1C. The van der Waals surface area contributed by atoms with E-state index in [0.29, 0.717) is 10.9 Å². The molecule has 0 aliphatic rings. The number of nitrogens with zero attached hydrogens (tertiary/aromatic N) is 3. The Morgan fingerprint density at radius 1 is 1.19 bits per heavy atom. The molecular formula is C23H21F6N4O4. The molecular weight excluding hydrogens is 510 g/mol. The molecule has 199 valence electrons. The molecule has 3 rings (SSSR count). The van der Waals surface area contributed by atoms with E-state index in [9.17, 15) is 41.0 Å². The molecule has 0 saturated heterocycles. The maximum atomic E-state index is 14.4. The molecule has 0 fully saturated rings. The van der Waals surface area contributed by atoms with Gasteiger partial charge in [0.15, 0.2) is 5.69 Å². The number of rotatable bonds is 8. The zero-order valence-corrected chi connectivity index (χ0v) is 19.7. The van der Waals surface area contributed by atoms with Crippen LogP contribution in [0, 0.1) is 20.8 Å². The van der Waals surface area contributed by atoms with Gasteiger partial charge in [-0.1, -0.05) is 0 Å². The largest absolute Gasteiger partial charge is 0.449 e. The number of benzene rings is 1. The molecule has 2 heterocycles. The Kier molecular flexibility index (Phi) is 7.81. The van der Waals surface area contributed by atoms with E-state index in [0.717, 1.165) is 12.1 Å². The minimum absolute atomic E-state index is 0.0191. The maximum absolute atomic E-state index is 14.4. The van der Waals surface area contributed by atoms with Crippen molar-refractivity contribution in [2.24, 2.45) is 0 Å². The molecule has 14 heteroatoms. The number of hydrogen-bond donors (Lipinski definition) is 2. The monoisotopic (exact) mass is 531 g/mol. The molecule has 0 amide bonds. The summed E-state index contributed by atoms with van der Waals surface area (Å²) in [6.45, 7) is 7.04. The van der Waals surface area contributed by atoms with Gasteiger partial charge in [-0.05, 0) is 51.0 Å². The molecule has 8 nitrogen and oxygen atoms in total. The van der Waals surface area contributed by atoms with Crippen molar-refractivity contribution in [1.29, 1.82) is 0 Å². The number of ether oxygens (including phenoxy) is 1. The average molecular weight is 531 g/mol. The highest BCUT2D eigenvalue weighted by Crippen LogP contribution is 2.39. The Hall–Kier alpha value is -3.68. The van der Waals surface area contributed by atoms with Crippen LogP contribution in [-0.2, 0) is 12.5 Å². The lowest BCUT2D eigenvalue weighted by Crippen LogP contribution is -2.33. The number of aliphatic hydroxyl groups excluding tert-OH is 1. The topological polar surface area (TPSA) is 110 Å². The summed E-state index contributed by atoms with van der Waals surface area (Å²) in [5.74, 6) is -6.85. The predicted molar refractivity (Wildman–Crippen MR) is 118 cm³/mol. The van der Waals surface area contributed by atoms with Crippen molar-refractivity contribution >= 4 is 0 Å². The first-order chi connectivity index (χ1) is 17.1. The van der Waals surface area contributed by atoms with E-state index in [1.54, 1.807) is 0 Å². The van der Waals surface area contributed by atoms with Gasteiger partial charge in [-0.3, -0.25) is 14.2 Å². The fraction of sp³-hybridized carbons (Fsp3) is 0.348. The second-order valence-electron chi connectivity index (χ2n) is 8.18. The summed E-state index contributed by atoms with van der Waals surface area (Å²) in [6.07, 6.45) is -7.89. The van der Waals surface area contributed by atoms with Crippen LogP contribution < -0.4 is 15.9 Å². The van der Waals surface area contributed by atoms with Gasteiger partial charge in [-0.15, -0.1) is 0 Å². The Labute approximate surface area is 205 Å². The fourth-order valence-electron chi connectivity index (χ4n) is 3.31. The number of aliphatic hydroxyl groups is 1. The summed E-state index contributed by atoms with van der Waals surface area (Å²) in [6, 6.07) is 1.78. The van der Waals surface area contributed by atoms with Crippen LogP contribution in [0.1, 0.15) is 58.9 Å². The van der Waals surface area contributed by atoms with Crippen LogP contribution in [0.5, 0.6) is 11.5 Å². The van der Waals surface area contributed by atoms with Crippen molar-refractivity contribution in [3.05, 3.63) is 85.6 Å². The van der Waals surface area contributed by atoms with Crippen LogP contribution >= 0.6 is 0 Å². The fourth-order valence-corrected chi connectivity index (χ4v) is 3.31. The van der Waals surface area contributed by atoms with Crippen molar-refractivity contribution in [2.45, 2.75) is 52.2 Å². The third-order valence-corrected chi connectivity index (χ3v) is 5.50. The molecule has 2 aromatic heterocycles. The number of alkyl halides is 6. The second kappa shape index (κ2) is 10.4. The van der Waals surface area contributed by atoms with Crippen LogP contribution in [0.15, 0.2) is 28.0 Å². The number of nitrogens with one attached hydrogen (secondary N) is 1. The smallest absolute Gasteiger partial charge is 0.352 e. The highest BCUT2D eigenvalue weighted by molar-refractivity contribution is 5.47. The summed E-state index contributed by atoms with van der Waals surface area (Å²) in [7, 11) is 0. The standard InChI is InChI=1S/C23H21F6N4O4/c1-9-5-13(18(24)25)6-15(10(9)2)37-16-17(23(28,29)22(26)27)30-8-33(21(16)36)7-14-11(3)31-19(12(4)34)32-20(14)35/h5-6,8,12,18,22,34H,1,7H2,2-4H3,(H,31,32,35). The van der Waals surface area contributed by atoms with E-state index < -0.39 is 65.3 Å². The van der Waals surface area contributed by atoms with Crippen LogP contribution in [0.2, 0.25) is 0 Å². The Morgan fingerprint density at radius 2 is 1.84 bits per heavy atom. The van der Waals surface area contributed by atoms with Crippen LogP contribution in [-0.4, -0.2) is 31.1 Å². The number of halogens is 6. The summed E-state index contributed by atoms with van der Waals surface area (Å²) < 4.78 is 87.5. The van der Waals surface area contributed by atoms with Gasteiger partial charge >= 0.3 is 12.3 Å². The lowest BCUT2D eigenvalue weighted by Gasteiger charge is -2.20. The van der Waals surface area contributed by atoms with Crippen molar-refractivity contribution < 1.29 is 36.2 Å². The summed E-state index contributed by atoms with van der Waals surface area (Å²) in [5.41, 5.74) is -4.42. The molecule has 1 unspecified atom stereocenters. The highest BCUT2D eigenvalue weighted by Gasteiger charge is 2.48. The zero-order chi connectivity index (χ0) is 27.8. The number of aromatic nitrogens is 4. The van der Waals surface area contributed by atoms with Crippen molar-refractivity contribution in [3.8, 4) is 11.5 Å². The van der Waals surface area contributed by atoms with Gasteiger partial charge in [0.2, 0.25) is 5.75 Å². The molecule has 2 N–H and O–H groups in total. The van der Waals surface area contributed by atoms with E-state index in [2.05, 4.69) is 21.9 Å². The van der Waals surface area contributed by atoms with E-state index in [1.165, 1.54) is 20.8 Å². The van der Waals surface area contributed by atoms with Gasteiger partial charge < -0.3 is 14.8 Å². The third kappa shape index (κ3) is 5.53. The number of aryl methyl sites for hydroxylation is 1. The summed E-state index contributed by atoms with van der Waals surface area (Å²) in [5, 5.41) is 9.62. The quantitative estimate of drug-likeness (QED) is 0.419. The third-order valence-electron chi connectivity index (χ3n) is 5.50. The number of hydrogen-bond acceptors (Lipinski definition) is 6. The van der Waals surface area contributed by atoms with Gasteiger partial charge in [-0.2, -0.15) is 8.78 Å². The first-order valence-corrected chi connectivity index (χ1v) is 10.6. The van der Waals surface area contributed by atoms with Gasteiger partial charge in [0.25, 0.3) is 17.5 Å². The lowest BCUT2D eigenvalue weighted by atomic mass is 10.0. The molecule has 0 spiro atoms. The number of H-pyrrole nitrogens is 1. The van der Waals surface area contributed by atoms with E-state index in [4.69, 9.17) is 4.74 Å². The van der Waals surface area contributed by atoms with Gasteiger partial charge in [0, 0.05) is 11.3 Å². The normalized spacial score (nSPS) is 12.9. The minimum atomic E-state index is -4.94. The first-order valence-electron chi connectivity index (χ1n) is 10.6. The van der Waals surface area contributed by atoms with Crippen LogP contribution in [0.3, 0.4) is 0 Å². The molecule has 0 bridgehead atoms. The predicted octanol–water partition coefficient (Wildman–Crippen LogP) is 4.31. The molecule has 1 radical (unpaired) electrons. The van der Waals surface area contributed by atoms with E-state index >= 15 is 0 Å². The summed E-state index contributed by atoms with van der Waals surface area (Å²) >= 11 is 0. The maximum Gasteiger partial charge on any atom is 0.352 e. The van der Waals surface area contributed by atoms with Crippen LogP contribution in [0.25, 0.3) is 0 Å². The van der Waals surface area contributed by atoms with Gasteiger partial charge in [-0.25, -0.2) is 27.5 Å². The van der Waals surface area contributed by atoms with E-state index in [1.807, 2.05) is 0 Å². The van der Waals surface area contributed by atoms with Crippen molar-refractivity contribution in [2.75, 3.05) is 0 Å². The van der Waals surface area contributed by atoms with E-state index in [-0.39, 0.29) is 28.2 Å². The minimum Gasteiger partial charge on any atom is -0.449 e. The number of aromatic amines is 1. The lowest BCUT2D eigenvalue weighted by molar-refractivity contribution is -0.139. The Balaban J connectivity index is 2.21. The Morgan fingerprint density at radius 3 is 2.38 bits per heavy atom. The molecule has 0 aliphatic carbocycles. The Bertz CT molecular complexity index is 1440. The average Bonchev–Trinajstić information content (AvgIpc) is 2.80. The van der Waals surface area contributed by atoms with Gasteiger partial charge in [0.05, 0.1) is 18.4 Å². The first kappa shape index (κ1) is 27.9. The van der Waals surface area contributed by atoms with Crippen molar-refractivity contribution in [3.63, 3.8) is 0 Å². The molecule has 1 aromatic carbocycles. The second-order valence-corrected chi connectivity index (χ2v) is 8.18. The molecule has 0 aliphatic heterocycles. The van der Waals surface area contributed by atoms with Crippen LogP contribution in [0.4, 0.5) is 26.3 Å². The molecule has 3 aromatic rings. The molecule has 0 saturated carbocycles. The van der Waals surface area contributed by atoms with Gasteiger partial charge in [0.1, 0.15) is 17.7 Å². The zero-order valence-electron chi connectivity index (χ0n) is 19.7. The highest BCUT2D eigenvalue weighted by atomic mass is 19.3.